The van der Waals surface area contributed by atoms with E-state index in [2.05, 4.69) is 10.6 Å². The number of imide groups is 1. The number of urea groups is 1. The minimum absolute atomic E-state index is 0. The zero-order chi connectivity index (χ0) is 18.7. The molecule has 0 spiro atoms. The van der Waals surface area contributed by atoms with Crippen LogP contribution in [-0.2, 0) is 0 Å². The predicted molar refractivity (Wildman–Crippen MR) is 93.4 cm³/mol. The molecule has 136 valence electrons. The first-order chi connectivity index (χ1) is 12.4. The van der Waals surface area contributed by atoms with E-state index in [1.54, 1.807) is 6.07 Å². The molecule has 0 unspecified atom stereocenters. The van der Waals surface area contributed by atoms with Gasteiger partial charge < -0.3 is 21.3 Å². The molecule has 27 heavy (non-hydrogen) atoms. The summed E-state index contributed by atoms with van der Waals surface area (Å²) in [6, 6.07) is 7.69. The second-order valence-corrected chi connectivity index (χ2v) is 5.67. The fourth-order valence-electron chi connectivity index (χ4n) is 2.29. The van der Waals surface area contributed by atoms with E-state index in [0.717, 1.165) is 0 Å². The van der Waals surface area contributed by atoms with Crippen LogP contribution in [-0.4, -0.2) is 36.2 Å². The summed E-state index contributed by atoms with van der Waals surface area (Å²) < 4.78 is 10.8. The molecule has 3 rings (SSSR count). The monoisotopic (exact) mass is 400 g/mol. The van der Waals surface area contributed by atoms with Crippen LogP contribution in [0.25, 0.3) is 0 Å². The van der Waals surface area contributed by atoms with Crippen molar-refractivity contribution in [3.63, 3.8) is 0 Å². The van der Waals surface area contributed by atoms with Gasteiger partial charge in [-0.05, 0) is 36.4 Å². The van der Waals surface area contributed by atoms with E-state index in [0.29, 0.717) is 24.7 Å². The van der Waals surface area contributed by atoms with Crippen LogP contribution in [0.15, 0.2) is 36.4 Å². The SMILES string of the molecule is O=C(NC(=O)c1ccc2c(c1)OCCO2)Nc1ccc(C(=O)O)c(Cl)c1.[H-].[Na+]. The quantitative estimate of drug-likeness (QED) is 0.619. The van der Waals surface area contributed by atoms with E-state index in [1.807, 2.05) is 0 Å². The molecule has 0 saturated heterocycles. The second-order valence-electron chi connectivity index (χ2n) is 5.27. The summed E-state index contributed by atoms with van der Waals surface area (Å²) in [5.74, 6) is -0.849. The third-order valence-corrected chi connectivity index (χ3v) is 3.80. The summed E-state index contributed by atoms with van der Waals surface area (Å²) in [5, 5.41) is 13.5. The molecular formula is C17H14ClN2NaO6. The van der Waals surface area contributed by atoms with Crippen LogP contribution in [0.3, 0.4) is 0 Å². The number of carboxylic acids is 1. The molecule has 3 N–H and O–H groups in total. The van der Waals surface area contributed by atoms with E-state index in [-0.39, 0.29) is 52.8 Å². The van der Waals surface area contributed by atoms with Gasteiger partial charge in [0.2, 0.25) is 0 Å². The first kappa shape index (κ1) is 21.0. The Kier molecular flexibility index (Phi) is 7.09. The number of aromatic carboxylic acids is 1. The summed E-state index contributed by atoms with van der Waals surface area (Å²) in [7, 11) is 0. The molecule has 2 aromatic carbocycles. The van der Waals surface area contributed by atoms with Gasteiger partial charge in [-0.25, -0.2) is 9.59 Å². The van der Waals surface area contributed by atoms with Crippen LogP contribution in [0, 0.1) is 0 Å². The van der Waals surface area contributed by atoms with E-state index in [4.69, 9.17) is 26.2 Å². The van der Waals surface area contributed by atoms with E-state index in [9.17, 15) is 14.4 Å². The van der Waals surface area contributed by atoms with Crippen molar-refractivity contribution >= 4 is 35.2 Å². The Bertz CT molecular complexity index is 911. The Hall–Kier alpha value is -2.26. The minimum Gasteiger partial charge on any atom is -1.00 e. The normalized spacial score (nSPS) is 11.7. The molecule has 0 radical (unpaired) electrons. The molecule has 0 bridgehead atoms. The fraction of sp³-hybridized carbons (Fsp3) is 0.118. The number of rotatable bonds is 3. The van der Waals surface area contributed by atoms with Crippen molar-refractivity contribution in [3.8, 4) is 11.5 Å². The number of benzene rings is 2. The van der Waals surface area contributed by atoms with Crippen LogP contribution in [0.4, 0.5) is 10.5 Å². The summed E-state index contributed by atoms with van der Waals surface area (Å²) in [5.41, 5.74) is 0.376. The molecule has 1 aliphatic heterocycles. The van der Waals surface area contributed by atoms with Gasteiger partial charge in [-0.15, -0.1) is 0 Å². The molecular weight excluding hydrogens is 387 g/mol. The Labute approximate surface area is 182 Å². The Morgan fingerprint density at radius 3 is 2.41 bits per heavy atom. The maximum atomic E-state index is 12.2. The van der Waals surface area contributed by atoms with Gasteiger partial charge in [-0.2, -0.15) is 0 Å². The van der Waals surface area contributed by atoms with Gasteiger partial charge in [0, 0.05) is 11.3 Å². The van der Waals surface area contributed by atoms with Crippen molar-refractivity contribution in [1.29, 1.82) is 0 Å². The zero-order valence-corrected chi connectivity index (χ0v) is 17.0. The molecule has 0 saturated carbocycles. The van der Waals surface area contributed by atoms with Crippen molar-refractivity contribution in [2.75, 3.05) is 18.5 Å². The number of ether oxygens (including phenoxy) is 2. The van der Waals surface area contributed by atoms with Crippen LogP contribution in [0.5, 0.6) is 11.5 Å². The number of fused-ring (bicyclic) bond motifs is 1. The number of hydrogen-bond acceptors (Lipinski definition) is 5. The maximum absolute atomic E-state index is 12.2. The smallest absolute Gasteiger partial charge is 1.00 e. The topological polar surface area (TPSA) is 114 Å². The summed E-state index contributed by atoms with van der Waals surface area (Å²) in [4.78, 5) is 35.0. The molecule has 1 heterocycles. The Morgan fingerprint density at radius 2 is 1.74 bits per heavy atom. The molecule has 0 aliphatic carbocycles. The van der Waals surface area contributed by atoms with Crippen LogP contribution in [0.1, 0.15) is 22.1 Å². The number of hydrogen-bond donors (Lipinski definition) is 3. The number of carboxylic acid groups (broad SMARTS) is 1. The molecule has 2 aromatic rings. The van der Waals surface area contributed by atoms with Gasteiger partial charge in [0.25, 0.3) is 5.91 Å². The number of carbonyl (C=O) groups is 3. The van der Waals surface area contributed by atoms with Gasteiger partial charge >= 0.3 is 41.6 Å². The summed E-state index contributed by atoms with van der Waals surface area (Å²) in [6.07, 6.45) is 0. The molecule has 1 aliphatic rings. The third kappa shape index (κ3) is 5.14. The van der Waals surface area contributed by atoms with Crippen LogP contribution >= 0.6 is 11.6 Å². The molecule has 10 heteroatoms. The predicted octanol–water partition coefficient (Wildman–Crippen LogP) is -0.112. The Balaban J connectivity index is 0.00000196. The number of halogens is 1. The van der Waals surface area contributed by atoms with Gasteiger partial charge in [-0.1, -0.05) is 11.6 Å². The van der Waals surface area contributed by atoms with E-state index < -0.39 is 17.9 Å². The fourth-order valence-corrected chi connectivity index (χ4v) is 2.55. The number of amides is 3. The summed E-state index contributed by atoms with van der Waals surface area (Å²) in [6.45, 7) is 0.815. The average molecular weight is 401 g/mol. The minimum atomic E-state index is -1.18. The van der Waals surface area contributed by atoms with Gasteiger partial charge in [0.15, 0.2) is 11.5 Å². The van der Waals surface area contributed by atoms with Crippen molar-refractivity contribution in [3.05, 3.63) is 52.5 Å². The van der Waals surface area contributed by atoms with E-state index in [1.165, 1.54) is 30.3 Å². The third-order valence-electron chi connectivity index (χ3n) is 3.49. The van der Waals surface area contributed by atoms with Crippen LogP contribution in [0.2, 0.25) is 5.02 Å². The molecule has 8 nitrogen and oxygen atoms in total. The zero-order valence-electron chi connectivity index (χ0n) is 15.2. The van der Waals surface area contributed by atoms with Crippen molar-refractivity contribution in [1.82, 2.24) is 5.32 Å². The number of nitrogens with one attached hydrogen (secondary N) is 2. The summed E-state index contributed by atoms with van der Waals surface area (Å²) >= 11 is 5.83. The van der Waals surface area contributed by atoms with E-state index >= 15 is 0 Å². The molecule has 0 aromatic heterocycles. The number of anilines is 1. The van der Waals surface area contributed by atoms with Crippen molar-refractivity contribution in [2.24, 2.45) is 0 Å². The largest absolute Gasteiger partial charge is 1.00 e. The van der Waals surface area contributed by atoms with Crippen molar-refractivity contribution < 1.29 is 59.9 Å². The van der Waals surface area contributed by atoms with Crippen molar-refractivity contribution in [2.45, 2.75) is 0 Å². The average Bonchev–Trinajstić information content (AvgIpc) is 2.60. The van der Waals surface area contributed by atoms with Crippen LogP contribution < -0.4 is 49.7 Å². The first-order valence-electron chi connectivity index (χ1n) is 7.49. The molecule has 3 amide bonds. The van der Waals surface area contributed by atoms with Gasteiger partial charge in [-0.3, -0.25) is 10.1 Å². The second kappa shape index (κ2) is 9.09. The first-order valence-corrected chi connectivity index (χ1v) is 7.86. The van der Waals surface area contributed by atoms with Gasteiger partial charge in [0.05, 0.1) is 10.6 Å². The molecule has 0 atom stereocenters. The maximum Gasteiger partial charge on any atom is 1.00 e. The van der Waals surface area contributed by atoms with Gasteiger partial charge in [0.1, 0.15) is 13.2 Å². The standard InChI is InChI=1S/C17H13ClN2O6.Na.H/c18-12-8-10(2-3-11(12)16(22)23)19-17(24)20-15(21)9-1-4-13-14(7-9)26-6-5-25-13;;/h1-4,7-8H,5-6H2,(H,22,23)(H2,19,20,21,24);;/q;+1;-1. The number of carbonyl (C=O) groups excluding carboxylic acids is 2. The molecule has 0 fully saturated rings. The Morgan fingerprint density at radius 1 is 1.04 bits per heavy atom.